The predicted molar refractivity (Wildman–Crippen MR) is 116 cm³/mol. The molecule has 4 rings (SSSR count). The fourth-order valence-corrected chi connectivity index (χ4v) is 5.68. The van der Waals surface area contributed by atoms with Crippen LogP contribution in [-0.2, 0) is 5.60 Å². The van der Waals surface area contributed by atoms with E-state index in [4.69, 9.17) is 4.74 Å². The second kappa shape index (κ2) is 8.39. The number of nitrogens with one attached hydrogen (secondary N) is 1. The van der Waals surface area contributed by atoms with Crippen molar-refractivity contribution in [1.29, 1.82) is 0 Å². The van der Waals surface area contributed by atoms with E-state index in [2.05, 4.69) is 15.3 Å². The van der Waals surface area contributed by atoms with Gasteiger partial charge in [0, 0.05) is 4.88 Å². The average Bonchev–Trinajstić information content (AvgIpc) is 3.23. The number of aliphatic hydroxyl groups is 1. The quantitative estimate of drug-likeness (QED) is 0.352. The lowest BCUT2D eigenvalue weighted by Crippen LogP contribution is -2.39. The largest absolute Gasteiger partial charge is 0.496 e. The highest BCUT2D eigenvalue weighted by Gasteiger charge is 2.33. The molecule has 3 aromatic rings. The minimum Gasteiger partial charge on any atom is -0.496 e. The lowest BCUT2D eigenvalue weighted by molar-refractivity contribution is 0.00944. The van der Waals surface area contributed by atoms with Gasteiger partial charge in [-0.25, -0.2) is 9.97 Å². The monoisotopic (exact) mass is 429 g/mol. The third-order valence-corrected chi connectivity index (χ3v) is 7.39. The van der Waals surface area contributed by atoms with Crippen molar-refractivity contribution in [3.8, 4) is 5.75 Å². The van der Waals surface area contributed by atoms with Crippen molar-refractivity contribution in [1.82, 2.24) is 15.3 Å². The first-order valence-corrected chi connectivity index (χ1v) is 11.3. The number of thioether (sulfide) groups is 1. The van der Waals surface area contributed by atoms with Crippen LogP contribution in [0.5, 0.6) is 5.75 Å². The summed E-state index contributed by atoms with van der Waals surface area (Å²) in [6, 6.07) is 9.40. The average molecular weight is 430 g/mol. The molecular formula is C21H23N3O3S2. The summed E-state index contributed by atoms with van der Waals surface area (Å²) in [4.78, 5) is 23.4. The number of rotatable bonds is 6. The summed E-state index contributed by atoms with van der Waals surface area (Å²) < 4.78 is 5.47. The minimum atomic E-state index is -0.824. The lowest BCUT2D eigenvalue weighted by Gasteiger charge is -2.31. The Morgan fingerprint density at radius 1 is 1.28 bits per heavy atom. The molecule has 0 saturated carbocycles. The fourth-order valence-electron chi connectivity index (χ4n) is 3.53. The van der Waals surface area contributed by atoms with E-state index in [9.17, 15) is 9.90 Å². The number of piperidine rings is 1. The van der Waals surface area contributed by atoms with Crippen LogP contribution in [0.3, 0.4) is 0 Å². The molecule has 1 aromatic carbocycles. The highest BCUT2D eigenvalue weighted by Crippen LogP contribution is 2.37. The van der Waals surface area contributed by atoms with Gasteiger partial charge >= 0.3 is 0 Å². The van der Waals surface area contributed by atoms with Crippen LogP contribution in [0.1, 0.15) is 33.2 Å². The van der Waals surface area contributed by atoms with Crippen LogP contribution in [0, 0.1) is 6.92 Å². The molecule has 152 valence electrons. The topological polar surface area (TPSA) is 84.3 Å². The van der Waals surface area contributed by atoms with Crippen LogP contribution in [0.15, 0.2) is 35.4 Å². The van der Waals surface area contributed by atoms with E-state index < -0.39 is 5.60 Å². The molecule has 0 radical (unpaired) electrons. The summed E-state index contributed by atoms with van der Waals surface area (Å²) in [6.45, 7) is 3.42. The van der Waals surface area contributed by atoms with Gasteiger partial charge < -0.3 is 15.2 Å². The maximum atomic E-state index is 12.8. The summed E-state index contributed by atoms with van der Waals surface area (Å²) in [5.41, 5.74) is -0.0205. The highest BCUT2D eigenvalue weighted by atomic mass is 32.2. The number of aromatic nitrogens is 2. The Morgan fingerprint density at radius 3 is 2.83 bits per heavy atom. The number of carbonyl (C=O) groups is 1. The van der Waals surface area contributed by atoms with Gasteiger partial charge in [0.1, 0.15) is 22.2 Å². The molecule has 1 aliphatic heterocycles. The van der Waals surface area contributed by atoms with Crippen LogP contribution >= 0.6 is 23.1 Å². The second-order valence-electron chi connectivity index (χ2n) is 7.09. The second-order valence-corrected chi connectivity index (χ2v) is 9.14. The van der Waals surface area contributed by atoms with E-state index in [1.807, 2.05) is 37.3 Å². The summed E-state index contributed by atoms with van der Waals surface area (Å²) in [5, 5.41) is 15.7. The van der Waals surface area contributed by atoms with Crippen molar-refractivity contribution in [2.45, 2.75) is 30.4 Å². The van der Waals surface area contributed by atoms with Crippen molar-refractivity contribution in [3.05, 3.63) is 45.9 Å². The molecule has 1 saturated heterocycles. The van der Waals surface area contributed by atoms with Crippen LogP contribution in [-0.4, -0.2) is 46.8 Å². The standard InChI is InChI=1S/C21H23N3O3S2/c1-13-23-14-4-3-5-16(27-2)19(14)20(24-13)28-12-15(25)17-6-7-18(29-17)21(26)8-10-22-11-9-21/h3-7,22,26H,8-12H2,1-2H3. The molecule has 0 unspecified atom stereocenters. The number of ether oxygens (including phenoxy) is 1. The number of fused-ring (bicyclic) bond motifs is 1. The van der Waals surface area contributed by atoms with Crippen LogP contribution in [0.2, 0.25) is 0 Å². The van der Waals surface area contributed by atoms with Gasteiger partial charge in [0.2, 0.25) is 0 Å². The van der Waals surface area contributed by atoms with Gasteiger partial charge in [-0.05, 0) is 57.1 Å². The van der Waals surface area contributed by atoms with Crippen LogP contribution in [0.4, 0.5) is 0 Å². The molecule has 3 heterocycles. The van der Waals surface area contributed by atoms with Gasteiger partial charge in [0.05, 0.1) is 28.6 Å². The Hall–Kier alpha value is -2.00. The van der Waals surface area contributed by atoms with Gasteiger partial charge in [-0.2, -0.15) is 0 Å². The van der Waals surface area contributed by atoms with Crippen molar-refractivity contribution in [2.75, 3.05) is 26.0 Å². The van der Waals surface area contributed by atoms with Gasteiger partial charge in [-0.3, -0.25) is 4.79 Å². The van der Waals surface area contributed by atoms with Crippen molar-refractivity contribution in [2.24, 2.45) is 0 Å². The third-order valence-electron chi connectivity index (χ3n) is 5.09. The van der Waals surface area contributed by atoms with Crippen molar-refractivity contribution >= 4 is 39.8 Å². The molecule has 8 heteroatoms. The molecule has 2 aromatic heterocycles. The van der Waals surface area contributed by atoms with E-state index in [-0.39, 0.29) is 11.5 Å². The summed E-state index contributed by atoms with van der Waals surface area (Å²) in [6.07, 6.45) is 1.34. The molecule has 1 aliphatic rings. The molecule has 6 nitrogen and oxygen atoms in total. The maximum Gasteiger partial charge on any atom is 0.183 e. The number of ketones is 1. The normalized spacial score (nSPS) is 16.1. The number of hydrogen-bond donors (Lipinski definition) is 2. The van der Waals surface area contributed by atoms with E-state index in [1.54, 1.807) is 7.11 Å². The van der Waals surface area contributed by atoms with Gasteiger partial charge in [0.25, 0.3) is 0 Å². The molecule has 29 heavy (non-hydrogen) atoms. The zero-order valence-corrected chi connectivity index (χ0v) is 18.0. The number of hydrogen-bond acceptors (Lipinski definition) is 8. The highest BCUT2D eigenvalue weighted by molar-refractivity contribution is 8.00. The molecule has 0 bridgehead atoms. The molecule has 0 spiro atoms. The Balaban J connectivity index is 1.53. The number of thiophene rings is 1. The van der Waals surface area contributed by atoms with E-state index >= 15 is 0 Å². The Bertz CT molecular complexity index is 1040. The zero-order chi connectivity index (χ0) is 20.4. The van der Waals surface area contributed by atoms with E-state index in [0.717, 1.165) is 33.9 Å². The first kappa shape index (κ1) is 20.3. The van der Waals surface area contributed by atoms with Crippen LogP contribution in [0.25, 0.3) is 10.9 Å². The number of nitrogens with zero attached hydrogens (tertiary/aromatic N) is 2. The molecule has 1 fully saturated rings. The number of carbonyl (C=O) groups excluding carboxylic acids is 1. The lowest BCUT2D eigenvalue weighted by atomic mass is 9.91. The Labute approximate surface area is 177 Å². The first-order chi connectivity index (χ1) is 14.0. The van der Waals surface area contributed by atoms with Gasteiger partial charge in [-0.1, -0.05) is 17.8 Å². The number of Topliss-reactive ketones (excluding diaryl/α,β-unsaturated/α-hetero) is 1. The fraction of sp³-hybridized carbons (Fsp3) is 0.381. The predicted octanol–water partition coefficient (Wildman–Crippen LogP) is 3.55. The summed E-state index contributed by atoms with van der Waals surface area (Å²) in [7, 11) is 1.62. The molecule has 2 N–H and O–H groups in total. The maximum absolute atomic E-state index is 12.8. The first-order valence-electron chi connectivity index (χ1n) is 9.51. The molecular weight excluding hydrogens is 406 g/mol. The molecule has 0 atom stereocenters. The number of benzene rings is 1. The molecule has 0 aliphatic carbocycles. The van der Waals surface area contributed by atoms with Crippen LogP contribution < -0.4 is 10.1 Å². The van der Waals surface area contributed by atoms with Crippen molar-refractivity contribution in [3.63, 3.8) is 0 Å². The Morgan fingerprint density at radius 2 is 2.07 bits per heavy atom. The summed E-state index contributed by atoms with van der Waals surface area (Å²) >= 11 is 2.79. The van der Waals surface area contributed by atoms with E-state index in [0.29, 0.717) is 29.3 Å². The number of methoxy groups -OCH3 is 1. The van der Waals surface area contributed by atoms with Gasteiger partial charge in [0.15, 0.2) is 5.78 Å². The number of aryl methyl sites for hydroxylation is 1. The summed E-state index contributed by atoms with van der Waals surface area (Å²) in [5.74, 6) is 1.66. The van der Waals surface area contributed by atoms with E-state index in [1.165, 1.54) is 23.1 Å². The Kier molecular flexibility index (Phi) is 5.87. The van der Waals surface area contributed by atoms with Crippen molar-refractivity contribution < 1.29 is 14.6 Å². The smallest absolute Gasteiger partial charge is 0.183 e. The molecule has 0 amide bonds. The zero-order valence-electron chi connectivity index (χ0n) is 16.4. The van der Waals surface area contributed by atoms with Gasteiger partial charge in [-0.15, -0.1) is 11.3 Å². The third kappa shape index (κ3) is 4.16. The SMILES string of the molecule is COc1cccc2nc(C)nc(SCC(=O)c3ccc(C4(O)CCNCC4)s3)c12. The minimum absolute atomic E-state index is 0.0306.